The number of aromatic nitrogens is 2. The Morgan fingerprint density at radius 2 is 2.47 bits per heavy atom. The van der Waals surface area contributed by atoms with Crippen LogP contribution in [0, 0.1) is 11.8 Å². The zero-order valence-electron chi connectivity index (χ0n) is 8.62. The van der Waals surface area contributed by atoms with Gasteiger partial charge < -0.3 is 4.74 Å². The molecule has 0 bridgehead atoms. The number of thioether (sulfide) groups is 1. The molecule has 0 saturated heterocycles. The lowest BCUT2D eigenvalue weighted by Crippen LogP contribution is -2.08. The first kappa shape index (κ1) is 10.3. The maximum atomic E-state index is 5.36. The summed E-state index contributed by atoms with van der Waals surface area (Å²) in [7, 11) is 0. The van der Waals surface area contributed by atoms with Gasteiger partial charge in [0, 0.05) is 18.2 Å². The van der Waals surface area contributed by atoms with E-state index < -0.39 is 0 Å². The fourth-order valence-electron chi connectivity index (χ4n) is 1.37. The van der Waals surface area contributed by atoms with Crippen molar-refractivity contribution >= 4 is 11.8 Å². The predicted octanol–water partition coefficient (Wildman–Crippen LogP) is 1.67. The zero-order chi connectivity index (χ0) is 10.5. The van der Waals surface area contributed by atoms with Crippen molar-refractivity contribution in [2.45, 2.75) is 19.1 Å². The lowest BCUT2D eigenvalue weighted by atomic mass is 10.2. The standard InChI is InChI=1S/C11H12N2OS/c1-2-3-5-14-11-7-9-8-15-6-4-10(9)12-13-11/h7H,4-6,8H2,1H3. The largest absolute Gasteiger partial charge is 0.463 e. The smallest absolute Gasteiger partial charge is 0.234 e. The van der Waals surface area contributed by atoms with Crippen LogP contribution in [0.4, 0.5) is 0 Å². The summed E-state index contributed by atoms with van der Waals surface area (Å²) in [5.74, 6) is 8.34. The van der Waals surface area contributed by atoms with Crippen molar-refractivity contribution in [1.29, 1.82) is 0 Å². The van der Waals surface area contributed by atoms with Crippen LogP contribution in [0.2, 0.25) is 0 Å². The van der Waals surface area contributed by atoms with Crippen molar-refractivity contribution in [1.82, 2.24) is 10.2 Å². The minimum absolute atomic E-state index is 0.386. The molecule has 2 rings (SSSR count). The number of aryl methyl sites for hydroxylation is 1. The number of ether oxygens (including phenoxy) is 1. The van der Waals surface area contributed by atoms with Gasteiger partial charge in [0.25, 0.3) is 0 Å². The van der Waals surface area contributed by atoms with Crippen molar-refractivity contribution < 1.29 is 4.74 Å². The number of nitrogens with zero attached hydrogens (tertiary/aromatic N) is 2. The van der Waals surface area contributed by atoms with Crippen molar-refractivity contribution in [3.05, 3.63) is 17.3 Å². The maximum absolute atomic E-state index is 5.36. The van der Waals surface area contributed by atoms with Crippen molar-refractivity contribution in [3.8, 4) is 17.7 Å². The Kier molecular flexibility index (Phi) is 3.46. The Morgan fingerprint density at radius 3 is 3.33 bits per heavy atom. The van der Waals surface area contributed by atoms with Gasteiger partial charge in [0.05, 0.1) is 5.69 Å². The number of rotatable bonds is 2. The molecule has 0 unspecified atom stereocenters. The van der Waals surface area contributed by atoms with Gasteiger partial charge >= 0.3 is 0 Å². The van der Waals surface area contributed by atoms with Crippen LogP contribution in [-0.4, -0.2) is 22.6 Å². The highest BCUT2D eigenvalue weighted by Crippen LogP contribution is 2.24. The normalized spacial score (nSPS) is 13.7. The number of hydrogen-bond acceptors (Lipinski definition) is 4. The average molecular weight is 220 g/mol. The predicted molar refractivity (Wildman–Crippen MR) is 60.8 cm³/mol. The van der Waals surface area contributed by atoms with E-state index in [9.17, 15) is 0 Å². The summed E-state index contributed by atoms with van der Waals surface area (Å²) in [5, 5.41) is 8.18. The van der Waals surface area contributed by atoms with Gasteiger partial charge in [0.15, 0.2) is 6.61 Å². The first-order chi connectivity index (χ1) is 7.40. The third-order valence-electron chi connectivity index (χ3n) is 2.15. The van der Waals surface area contributed by atoms with E-state index in [4.69, 9.17) is 4.74 Å². The fourth-order valence-corrected chi connectivity index (χ4v) is 2.33. The molecule has 0 saturated carbocycles. The summed E-state index contributed by atoms with van der Waals surface area (Å²) < 4.78 is 5.36. The topological polar surface area (TPSA) is 35.0 Å². The molecule has 0 aromatic carbocycles. The molecule has 78 valence electrons. The monoisotopic (exact) mass is 220 g/mol. The van der Waals surface area contributed by atoms with Gasteiger partial charge in [-0.2, -0.15) is 16.9 Å². The lowest BCUT2D eigenvalue weighted by molar-refractivity contribution is 0.349. The van der Waals surface area contributed by atoms with E-state index in [0.29, 0.717) is 12.5 Å². The molecular weight excluding hydrogens is 208 g/mol. The van der Waals surface area contributed by atoms with E-state index in [1.807, 2.05) is 17.8 Å². The van der Waals surface area contributed by atoms with Crippen molar-refractivity contribution in [2.24, 2.45) is 0 Å². The lowest BCUT2D eigenvalue weighted by Gasteiger charge is -2.13. The number of hydrogen-bond donors (Lipinski definition) is 0. The second-order valence-corrected chi connectivity index (χ2v) is 4.28. The van der Waals surface area contributed by atoms with Gasteiger partial charge in [-0.15, -0.1) is 11.0 Å². The molecule has 3 nitrogen and oxygen atoms in total. The second-order valence-electron chi connectivity index (χ2n) is 3.17. The molecule has 0 radical (unpaired) electrons. The Hall–Kier alpha value is -1.21. The first-order valence-corrected chi connectivity index (χ1v) is 6.01. The van der Waals surface area contributed by atoms with Gasteiger partial charge in [0.1, 0.15) is 0 Å². The van der Waals surface area contributed by atoms with Crippen LogP contribution in [0.1, 0.15) is 18.2 Å². The molecule has 1 aliphatic rings. The zero-order valence-corrected chi connectivity index (χ0v) is 9.43. The molecule has 1 aromatic heterocycles. The summed E-state index contributed by atoms with van der Waals surface area (Å²) in [6.45, 7) is 2.18. The van der Waals surface area contributed by atoms with Crippen LogP contribution in [0.15, 0.2) is 6.07 Å². The molecule has 15 heavy (non-hydrogen) atoms. The van der Waals surface area contributed by atoms with Gasteiger partial charge in [0.2, 0.25) is 5.88 Å². The third-order valence-corrected chi connectivity index (χ3v) is 3.16. The van der Waals surface area contributed by atoms with E-state index in [1.165, 1.54) is 5.56 Å². The summed E-state index contributed by atoms with van der Waals surface area (Å²) in [6.07, 6.45) is 1.02. The summed E-state index contributed by atoms with van der Waals surface area (Å²) in [6, 6.07) is 1.98. The van der Waals surface area contributed by atoms with Gasteiger partial charge in [-0.3, -0.25) is 0 Å². The first-order valence-electron chi connectivity index (χ1n) is 4.86. The van der Waals surface area contributed by atoms with Crippen LogP contribution >= 0.6 is 11.8 Å². The summed E-state index contributed by atoms with van der Waals surface area (Å²) in [5.41, 5.74) is 2.36. The molecule has 0 spiro atoms. The highest BCUT2D eigenvalue weighted by molar-refractivity contribution is 7.98. The van der Waals surface area contributed by atoms with Crippen LogP contribution in [-0.2, 0) is 12.2 Å². The maximum Gasteiger partial charge on any atom is 0.234 e. The van der Waals surface area contributed by atoms with E-state index >= 15 is 0 Å². The summed E-state index contributed by atoms with van der Waals surface area (Å²) >= 11 is 1.92. The molecule has 0 N–H and O–H groups in total. The molecule has 1 aromatic rings. The molecule has 0 fully saturated rings. The van der Waals surface area contributed by atoms with Crippen LogP contribution in [0.3, 0.4) is 0 Å². The molecule has 0 aliphatic carbocycles. The molecule has 2 heterocycles. The summed E-state index contributed by atoms with van der Waals surface area (Å²) in [4.78, 5) is 0. The van der Waals surface area contributed by atoms with E-state index in [-0.39, 0.29) is 0 Å². The molecular formula is C11H12N2OS. The molecule has 0 atom stereocenters. The van der Waals surface area contributed by atoms with E-state index in [1.54, 1.807) is 6.92 Å². The van der Waals surface area contributed by atoms with Crippen molar-refractivity contribution in [2.75, 3.05) is 12.4 Å². The second kappa shape index (κ2) is 5.04. The highest BCUT2D eigenvalue weighted by Gasteiger charge is 2.12. The quantitative estimate of drug-likeness (QED) is 0.710. The fraction of sp³-hybridized carbons (Fsp3) is 0.455. The Labute approximate surface area is 93.6 Å². The molecule has 1 aliphatic heterocycles. The Balaban J connectivity index is 2.09. The van der Waals surface area contributed by atoms with Gasteiger partial charge in [-0.05, 0) is 18.2 Å². The molecule has 0 amide bonds. The van der Waals surface area contributed by atoms with E-state index in [0.717, 1.165) is 23.6 Å². The van der Waals surface area contributed by atoms with Gasteiger partial charge in [-0.25, -0.2) is 0 Å². The number of fused-ring (bicyclic) bond motifs is 1. The van der Waals surface area contributed by atoms with Crippen molar-refractivity contribution in [3.63, 3.8) is 0 Å². The SMILES string of the molecule is CC#CCOc1cc2c(nn1)CCSC2. The van der Waals surface area contributed by atoms with Crippen LogP contribution < -0.4 is 4.74 Å². The highest BCUT2D eigenvalue weighted by atomic mass is 32.2. The van der Waals surface area contributed by atoms with Gasteiger partial charge in [-0.1, -0.05) is 5.92 Å². The van der Waals surface area contributed by atoms with Crippen LogP contribution in [0.25, 0.3) is 0 Å². The minimum atomic E-state index is 0.386. The third kappa shape index (κ3) is 2.63. The Bertz CT molecular complexity index is 409. The molecule has 4 heteroatoms. The van der Waals surface area contributed by atoms with E-state index in [2.05, 4.69) is 22.0 Å². The Morgan fingerprint density at radius 1 is 1.53 bits per heavy atom. The van der Waals surface area contributed by atoms with Crippen LogP contribution in [0.5, 0.6) is 5.88 Å². The average Bonchev–Trinajstić information content (AvgIpc) is 2.29. The minimum Gasteiger partial charge on any atom is -0.463 e.